The highest BCUT2D eigenvalue weighted by molar-refractivity contribution is 6.09. The topological polar surface area (TPSA) is 125 Å². The molecule has 0 saturated heterocycles. The van der Waals surface area contributed by atoms with E-state index in [1.54, 1.807) is 48.5 Å². The predicted octanol–water partition coefficient (Wildman–Crippen LogP) is 3.60. The number of nitrogens with one attached hydrogen (secondary N) is 1. The number of fused-ring (bicyclic) bond motifs is 1. The average molecular weight is 478 g/mol. The van der Waals surface area contributed by atoms with Gasteiger partial charge in [0.15, 0.2) is 0 Å². The number of para-hydroxylation sites is 1. The summed E-state index contributed by atoms with van der Waals surface area (Å²) in [6.07, 6.45) is 0.571. The Labute approximate surface area is 202 Å². The van der Waals surface area contributed by atoms with Gasteiger partial charge in [0.05, 0.1) is 11.0 Å². The second-order valence-corrected chi connectivity index (χ2v) is 7.70. The minimum Gasteiger partial charge on any atom is -0.480 e. The van der Waals surface area contributed by atoms with Gasteiger partial charge in [-0.1, -0.05) is 42.5 Å². The van der Waals surface area contributed by atoms with Gasteiger partial charge >= 0.3 is 5.97 Å². The number of nitrogens with two attached hydrogens (primary N) is 1. The number of benzene rings is 3. The number of hydrogen-bond donors (Lipinski definition) is 3. The third-order valence-corrected chi connectivity index (χ3v) is 5.45. The van der Waals surface area contributed by atoms with Gasteiger partial charge in [0.2, 0.25) is 0 Å². The van der Waals surface area contributed by atoms with E-state index in [9.17, 15) is 14.7 Å². The molecule has 0 radical (unpaired) electrons. The van der Waals surface area contributed by atoms with Gasteiger partial charge in [-0.2, -0.15) is 0 Å². The Morgan fingerprint density at radius 2 is 1.68 bits per heavy atom. The van der Waals surface area contributed by atoms with Crippen molar-refractivity contribution in [3.05, 3.63) is 95.3 Å². The van der Waals surface area contributed by atoms with Crippen LogP contribution in [0.2, 0.25) is 0 Å². The molecular weight excluding hydrogens is 454 g/mol. The van der Waals surface area contributed by atoms with Crippen LogP contribution in [-0.4, -0.2) is 38.9 Å². The van der Waals surface area contributed by atoms with E-state index in [2.05, 4.69) is 0 Å². The van der Waals surface area contributed by atoms with Gasteiger partial charge in [-0.3, -0.25) is 19.9 Å². The first-order chi connectivity index (χ1) is 15.8. The summed E-state index contributed by atoms with van der Waals surface area (Å²) < 4.78 is 1.97. The quantitative estimate of drug-likeness (QED) is 0.277. The fraction of sp³-hybridized carbons (Fsp3) is 0.120. The van der Waals surface area contributed by atoms with Gasteiger partial charge in [0.1, 0.15) is 18.2 Å². The number of anilines is 1. The Kier molecular flexibility index (Phi) is 7.33. The molecule has 0 saturated carbocycles. The molecule has 1 amide bonds. The highest BCUT2D eigenvalue weighted by atomic mass is 35.5. The number of aryl methyl sites for hydroxylation is 1. The van der Waals surface area contributed by atoms with Crippen molar-refractivity contribution < 1.29 is 14.7 Å². The standard InChI is InChI=1S/C25H23N5O3.ClH/c1-29-21-12-11-18(25(33)30(15-23(31)32)19-5-3-2-4-6-19)14-20(21)28-22(29)13-16-7-9-17(10-8-16)24(26)27;/h2-12,14H,13,15H2,1H3,(H3,26,27)(H,31,32);1H. The Morgan fingerprint density at radius 3 is 2.29 bits per heavy atom. The molecule has 8 nitrogen and oxygen atoms in total. The summed E-state index contributed by atoms with van der Waals surface area (Å²) in [4.78, 5) is 30.5. The van der Waals surface area contributed by atoms with E-state index in [1.807, 2.05) is 35.9 Å². The van der Waals surface area contributed by atoms with Crippen molar-refractivity contribution in [2.45, 2.75) is 6.42 Å². The molecule has 3 aromatic carbocycles. The van der Waals surface area contributed by atoms with Crippen molar-refractivity contribution in [3.63, 3.8) is 0 Å². The number of aliphatic carboxylic acids is 1. The second-order valence-electron chi connectivity index (χ2n) is 7.70. The smallest absolute Gasteiger partial charge is 0.323 e. The molecule has 0 atom stereocenters. The number of halogens is 1. The van der Waals surface area contributed by atoms with Crippen LogP contribution in [-0.2, 0) is 18.3 Å². The minimum atomic E-state index is -1.09. The number of rotatable bonds is 7. The van der Waals surface area contributed by atoms with Crippen LogP contribution < -0.4 is 10.6 Å². The fourth-order valence-corrected chi connectivity index (χ4v) is 3.70. The second kappa shape index (κ2) is 10.2. The summed E-state index contributed by atoms with van der Waals surface area (Å²) in [5.74, 6) is -0.661. The molecule has 1 heterocycles. The van der Waals surface area contributed by atoms with Gasteiger partial charge in [-0.15, -0.1) is 12.4 Å². The summed E-state index contributed by atoms with van der Waals surface area (Å²) in [5, 5.41) is 16.8. The number of nitrogen functional groups attached to an aromatic ring is 1. The minimum absolute atomic E-state index is 0. The summed E-state index contributed by atoms with van der Waals surface area (Å²) in [7, 11) is 1.91. The monoisotopic (exact) mass is 477 g/mol. The first-order valence-corrected chi connectivity index (χ1v) is 10.3. The lowest BCUT2D eigenvalue weighted by atomic mass is 10.1. The zero-order valence-corrected chi connectivity index (χ0v) is 19.2. The number of hydrogen-bond acceptors (Lipinski definition) is 4. The van der Waals surface area contributed by atoms with Crippen LogP contribution in [0.1, 0.15) is 27.3 Å². The number of imidazole rings is 1. The Morgan fingerprint density at radius 1 is 1.03 bits per heavy atom. The Hall–Kier alpha value is -4.17. The van der Waals surface area contributed by atoms with Crippen molar-refractivity contribution in [1.82, 2.24) is 9.55 Å². The van der Waals surface area contributed by atoms with Crippen molar-refractivity contribution in [3.8, 4) is 0 Å². The molecule has 0 aliphatic carbocycles. The molecule has 4 aromatic rings. The van der Waals surface area contributed by atoms with E-state index < -0.39 is 18.4 Å². The number of amidine groups is 1. The van der Waals surface area contributed by atoms with Crippen LogP contribution in [0.3, 0.4) is 0 Å². The molecule has 0 aliphatic heterocycles. The van der Waals surface area contributed by atoms with Gasteiger partial charge < -0.3 is 15.4 Å². The number of carbonyl (C=O) groups excluding carboxylic acids is 1. The number of carboxylic acid groups (broad SMARTS) is 1. The summed E-state index contributed by atoms with van der Waals surface area (Å²) >= 11 is 0. The van der Waals surface area contributed by atoms with Crippen LogP contribution in [0.15, 0.2) is 72.8 Å². The van der Waals surface area contributed by atoms with Crippen LogP contribution >= 0.6 is 12.4 Å². The van der Waals surface area contributed by atoms with E-state index in [4.69, 9.17) is 16.1 Å². The van der Waals surface area contributed by atoms with E-state index in [0.717, 1.165) is 16.9 Å². The molecule has 0 fully saturated rings. The molecular formula is C25H24ClN5O3. The highest BCUT2D eigenvalue weighted by Crippen LogP contribution is 2.22. The highest BCUT2D eigenvalue weighted by Gasteiger charge is 2.21. The zero-order valence-electron chi connectivity index (χ0n) is 18.4. The number of aromatic nitrogens is 2. The number of carbonyl (C=O) groups is 2. The molecule has 1 aromatic heterocycles. The number of carboxylic acids is 1. The third kappa shape index (κ3) is 5.07. The van der Waals surface area contributed by atoms with Gasteiger partial charge in [0.25, 0.3) is 5.91 Å². The van der Waals surface area contributed by atoms with Crippen LogP contribution in [0.25, 0.3) is 11.0 Å². The average Bonchev–Trinajstić information content (AvgIpc) is 3.12. The van der Waals surface area contributed by atoms with Gasteiger partial charge in [-0.05, 0) is 35.9 Å². The molecule has 0 spiro atoms. The van der Waals surface area contributed by atoms with E-state index in [-0.39, 0.29) is 18.2 Å². The van der Waals surface area contributed by atoms with Crippen molar-refractivity contribution in [1.29, 1.82) is 5.41 Å². The molecule has 4 N–H and O–H groups in total. The number of amides is 1. The summed E-state index contributed by atoms with van der Waals surface area (Å²) in [5.41, 5.74) is 9.60. The van der Waals surface area contributed by atoms with Gasteiger partial charge in [-0.25, -0.2) is 4.98 Å². The number of nitrogens with zero attached hydrogens (tertiary/aromatic N) is 3. The van der Waals surface area contributed by atoms with Crippen LogP contribution in [0.5, 0.6) is 0 Å². The molecule has 4 rings (SSSR count). The fourth-order valence-electron chi connectivity index (χ4n) is 3.70. The first-order valence-electron chi connectivity index (χ1n) is 10.3. The predicted molar refractivity (Wildman–Crippen MR) is 134 cm³/mol. The lowest BCUT2D eigenvalue weighted by molar-refractivity contribution is -0.135. The molecule has 9 heteroatoms. The summed E-state index contributed by atoms with van der Waals surface area (Å²) in [6.45, 7) is -0.440. The maximum Gasteiger partial charge on any atom is 0.323 e. The zero-order chi connectivity index (χ0) is 23.5. The van der Waals surface area contributed by atoms with E-state index in [0.29, 0.717) is 28.8 Å². The Bertz CT molecular complexity index is 1350. The van der Waals surface area contributed by atoms with Crippen molar-refractivity contribution in [2.75, 3.05) is 11.4 Å². The lowest BCUT2D eigenvalue weighted by Crippen LogP contribution is -2.35. The molecule has 0 unspecified atom stereocenters. The van der Waals surface area contributed by atoms with Gasteiger partial charge in [0, 0.05) is 30.3 Å². The van der Waals surface area contributed by atoms with Crippen LogP contribution in [0, 0.1) is 5.41 Å². The van der Waals surface area contributed by atoms with E-state index >= 15 is 0 Å². The SMILES string of the molecule is Cl.Cn1c(Cc2ccc(C(=N)N)cc2)nc2cc(C(=O)N(CC(=O)O)c3ccccc3)ccc21. The molecule has 174 valence electrons. The lowest BCUT2D eigenvalue weighted by Gasteiger charge is -2.21. The Balaban J connectivity index is 0.00000324. The van der Waals surface area contributed by atoms with E-state index in [1.165, 1.54) is 4.90 Å². The molecule has 0 bridgehead atoms. The molecule has 0 aliphatic rings. The summed E-state index contributed by atoms with van der Waals surface area (Å²) in [6, 6.07) is 21.4. The van der Waals surface area contributed by atoms with Crippen molar-refractivity contribution in [2.24, 2.45) is 12.8 Å². The third-order valence-electron chi connectivity index (χ3n) is 5.45. The normalized spacial score (nSPS) is 10.5. The molecule has 34 heavy (non-hydrogen) atoms. The van der Waals surface area contributed by atoms with Crippen LogP contribution in [0.4, 0.5) is 5.69 Å². The first kappa shape index (κ1) is 24.5. The maximum atomic E-state index is 13.2. The van der Waals surface area contributed by atoms with Crippen molar-refractivity contribution >= 4 is 46.8 Å². The maximum absolute atomic E-state index is 13.2. The largest absolute Gasteiger partial charge is 0.480 e.